The molecule has 0 spiro atoms. The third-order valence-electron chi connectivity index (χ3n) is 2.73. The highest BCUT2D eigenvalue weighted by Gasteiger charge is 2.14. The van der Waals surface area contributed by atoms with Crippen molar-refractivity contribution >= 4 is 27.9 Å². The van der Waals surface area contributed by atoms with Gasteiger partial charge in [0.15, 0.2) is 11.5 Å². The molecule has 0 radical (unpaired) electrons. The molecule has 1 aromatic rings. The molecule has 1 rings (SSSR count). The summed E-state index contributed by atoms with van der Waals surface area (Å²) >= 11 is 3.40. The van der Waals surface area contributed by atoms with Crippen LogP contribution in [0.4, 0.5) is 0 Å². The molecule has 0 fully saturated rings. The van der Waals surface area contributed by atoms with Crippen molar-refractivity contribution in [2.24, 2.45) is 0 Å². The molecule has 6 heteroatoms. The lowest BCUT2D eigenvalue weighted by molar-refractivity contribution is -0.124. The predicted octanol–water partition coefficient (Wildman–Crippen LogP) is 2.85. The molecule has 1 amide bonds. The molecule has 0 heterocycles. The second-order valence-electron chi connectivity index (χ2n) is 4.62. The number of carbonyl (C=O) groups is 1. The number of benzene rings is 1. The summed E-state index contributed by atoms with van der Waals surface area (Å²) in [6.07, 6.45) is 6.70. The van der Waals surface area contributed by atoms with E-state index in [0.717, 1.165) is 0 Å². The summed E-state index contributed by atoms with van der Waals surface area (Å²) in [7, 11) is 3.18. The van der Waals surface area contributed by atoms with E-state index >= 15 is 0 Å². The fourth-order valence-electron chi connectivity index (χ4n) is 1.70. The number of likely N-dealkylation sites (N-methyl/N-ethyl adjacent to an activating group) is 1. The predicted molar refractivity (Wildman–Crippen MR) is 91.9 cm³/mol. The molecule has 0 saturated heterocycles. The van der Waals surface area contributed by atoms with Gasteiger partial charge in [-0.15, -0.1) is 6.42 Å². The molecule has 0 bridgehead atoms. The Hall–Kier alpha value is -2.44. The number of amides is 1. The average Bonchev–Trinajstić information content (AvgIpc) is 2.52. The van der Waals surface area contributed by atoms with Gasteiger partial charge in [0.1, 0.15) is 18.2 Å². The highest BCUT2D eigenvalue weighted by molar-refractivity contribution is 9.10. The normalized spacial score (nSPS) is 10.4. The maximum absolute atomic E-state index is 12.0. The largest absolute Gasteiger partial charge is 0.490 e. The van der Waals surface area contributed by atoms with Crippen molar-refractivity contribution in [1.82, 2.24) is 4.90 Å². The molecular weight excluding hydrogens is 360 g/mol. The second kappa shape index (κ2) is 8.87. The van der Waals surface area contributed by atoms with Crippen LogP contribution in [0, 0.1) is 23.7 Å². The van der Waals surface area contributed by atoms with Crippen LogP contribution in [0.2, 0.25) is 0 Å². The Morgan fingerprint density at radius 2 is 2.04 bits per heavy atom. The maximum atomic E-state index is 12.0. The lowest BCUT2D eigenvalue weighted by Gasteiger charge is -2.13. The van der Waals surface area contributed by atoms with E-state index in [4.69, 9.17) is 15.9 Å². The van der Waals surface area contributed by atoms with Gasteiger partial charge in [0.25, 0.3) is 5.91 Å². The minimum Gasteiger partial charge on any atom is -0.490 e. The molecule has 1 aromatic carbocycles. The Morgan fingerprint density at radius 1 is 1.39 bits per heavy atom. The summed E-state index contributed by atoms with van der Waals surface area (Å²) in [5, 5.41) is 9.18. The van der Waals surface area contributed by atoms with Gasteiger partial charge in [-0.1, -0.05) is 21.9 Å². The molecule has 0 unspecified atom stereocenters. The molecule has 0 aromatic heterocycles. The first-order chi connectivity index (χ1) is 10.9. The Morgan fingerprint density at radius 3 is 2.57 bits per heavy atom. The van der Waals surface area contributed by atoms with Crippen molar-refractivity contribution in [3.05, 3.63) is 27.7 Å². The number of rotatable bonds is 6. The van der Waals surface area contributed by atoms with E-state index in [9.17, 15) is 10.1 Å². The molecule has 0 aliphatic heterocycles. The van der Waals surface area contributed by atoms with Crippen molar-refractivity contribution in [2.45, 2.75) is 6.92 Å². The highest BCUT2D eigenvalue weighted by Crippen LogP contribution is 2.35. The van der Waals surface area contributed by atoms with Crippen molar-refractivity contribution < 1.29 is 14.3 Å². The topological polar surface area (TPSA) is 62.6 Å². The van der Waals surface area contributed by atoms with Crippen LogP contribution in [0.15, 0.2) is 22.2 Å². The number of nitriles is 1. The molecule has 23 heavy (non-hydrogen) atoms. The number of terminal acetylenes is 1. The first-order valence-corrected chi connectivity index (χ1v) is 7.59. The molecule has 120 valence electrons. The van der Waals surface area contributed by atoms with Crippen LogP contribution in [-0.2, 0) is 4.79 Å². The summed E-state index contributed by atoms with van der Waals surface area (Å²) in [6.45, 7) is 2.40. The minimum absolute atomic E-state index is 0.0236. The van der Waals surface area contributed by atoms with Crippen LogP contribution in [0.3, 0.4) is 0 Å². The third-order valence-corrected chi connectivity index (χ3v) is 3.42. The SMILES string of the molecule is C#CCOc1cc(Br)c(/C=C(/C#N)C(=O)N(C)C)cc1OCC. The van der Waals surface area contributed by atoms with Gasteiger partial charge in [-0.3, -0.25) is 4.79 Å². The lowest BCUT2D eigenvalue weighted by Crippen LogP contribution is -2.22. The Kier molecular flexibility index (Phi) is 7.18. The standard InChI is InChI=1S/C17H17BrN2O3/c1-5-7-23-16-10-14(18)12(9-15(16)22-6-2)8-13(11-19)17(21)20(3)4/h1,8-10H,6-7H2,2-4H3/b13-8-. The van der Waals surface area contributed by atoms with E-state index in [1.54, 1.807) is 26.2 Å². The van der Waals surface area contributed by atoms with E-state index in [2.05, 4.69) is 21.9 Å². The summed E-state index contributed by atoms with van der Waals surface area (Å²) in [4.78, 5) is 13.3. The summed E-state index contributed by atoms with van der Waals surface area (Å²) in [6, 6.07) is 5.30. The van der Waals surface area contributed by atoms with Gasteiger partial charge in [0.2, 0.25) is 0 Å². The first-order valence-electron chi connectivity index (χ1n) is 6.80. The van der Waals surface area contributed by atoms with E-state index < -0.39 is 0 Å². The van der Waals surface area contributed by atoms with Gasteiger partial charge in [0, 0.05) is 18.6 Å². The van der Waals surface area contributed by atoms with E-state index in [1.165, 1.54) is 11.0 Å². The highest BCUT2D eigenvalue weighted by atomic mass is 79.9. The van der Waals surface area contributed by atoms with E-state index in [1.807, 2.05) is 13.0 Å². The number of ether oxygens (including phenoxy) is 2. The molecule has 0 aliphatic carbocycles. The van der Waals surface area contributed by atoms with E-state index in [0.29, 0.717) is 28.1 Å². The molecule has 0 atom stereocenters. The smallest absolute Gasteiger partial charge is 0.264 e. The van der Waals surface area contributed by atoms with Crippen LogP contribution in [0.5, 0.6) is 11.5 Å². The monoisotopic (exact) mass is 376 g/mol. The van der Waals surface area contributed by atoms with Gasteiger partial charge in [-0.2, -0.15) is 5.26 Å². The van der Waals surface area contributed by atoms with E-state index in [-0.39, 0.29) is 18.1 Å². The van der Waals surface area contributed by atoms with Crippen molar-refractivity contribution in [3.63, 3.8) is 0 Å². The lowest BCUT2D eigenvalue weighted by atomic mass is 10.1. The Bertz CT molecular complexity index is 697. The summed E-state index contributed by atoms with van der Waals surface area (Å²) < 4.78 is 11.6. The zero-order chi connectivity index (χ0) is 17.4. The number of hydrogen-bond acceptors (Lipinski definition) is 4. The fraction of sp³-hybridized carbons (Fsp3) is 0.294. The van der Waals surface area contributed by atoms with Crippen molar-refractivity contribution in [1.29, 1.82) is 5.26 Å². The fourth-order valence-corrected chi connectivity index (χ4v) is 2.14. The quantitative estimate of drug-likeness (QED) is 0.435. The van der Waals surface area contributed by atoms with Crippen molar-refractivity contribution in [2.75, 3.05) is 27.3 Å². The summed E-state index contributed by atoms with van der Waals surface area (Å²) in [5.41, 5.74) is 0.656. The Balaban J connectivity index is 3.32. The number of nitrogens with zero attached hydrogens (tertiary/aromatic N) is 2. The molecule has 5 nitrogen and oxygen atoms in total. The Labute approximate surface area is 144 Å². The molecule has 0 N–H and O–H groups in total. The molecular formula is C17H17BrN2O3. The first kappa shape index (κ1) is 18.6. The maximum Gasteiger partial charge on any atom is 0.264 e. The van der Waals surface area contributed by atoms with Crippen molar-refractivity contribution in [3.8, 4) is 29.9 Å². The van der Waals surface area contributed by atoms with Crippen LogP contribution in [0.25, 0.3) is 6.08 Å². The van der Waals surface area contributed by atoms with Gasteiger partial charge < -0.3 is 14.4 Å². The van der Waals surface area contributed by atoms with Crippen LogP contribution in [0.1, 0.15) is 12.5 Å². The van der Waals surface area contributed by atoms with Gasteiger partial charge >= 0.3 is 0 Å². The number of hydrogen-bond donors (Lipinski definition) is 0. The average molecular weight is 377 g/mol. The number of halogens is 1. The second-order valence-corrected chi connectivity index (χ2v) is 5.47. The number of carbonyl (C=O) groups excluding carboxylic acids is 1. The van der Waals surface area contributed by atoms with Gasteiger partial charge in [-0.05, 0) is 30.7 Å². The van der Waals surface area contributed by atoms with Crippen LogP contribution in [-0.4, -0.2) is 38.1 Å². The van der Waals surface area contributed by atoms with Gasteiger partial charge in [0.05, 0.1) is 6.61 Å². The van der Waals surface area contributed by atoms with Gasteiger partial charge in [-0.25, -0.2) is 0 Å². The molecule has 0 saturated carbocycles. The summed E-state index contributed by atoms with van der Waals surface area (Å²) in [5.74, 6) is 3.00. The zero-order valence-corrected chi connectivity index (χ0v) is 14.8. The van der Waals surface area contributed by atoms with Crippen LogP contribution >= 0.6 is 15.9 Å². The third kappa shape index (κ3) is 5.05. The van der Waals surface area contributed by atoms with Crippen LogP contribution < -0.4 is 9.47 Å². The minimum atomic E-state index is -0.370. The molecule has 0 aliphatic rings. The zero-order valence-electron chi connectivity index (χ0n) is 13.2.